The van der Waals surface area contributed by atoms with E-state index in [-0.39, 0.29) is 51.0 Å². The third kappa shape index (κ3) is 5.49. The first-order chi connectivity index (χ1) is 8.87. The number of rotatable bonds is 5. The molecule has 0 saturated heterocycles. The van der Waals surface area contributed by atoms with Crippen LogP contribution in [0.4, 0.5) is 0 Å². The summed E-state index contributed by atoms with van der Waals surface area (Å²) in [5.74, 6) is 0.943. The Kier molecular flexibility index (Phi) is 10.8. The summed E-state index contributed by atoms with van der Waals surface area (Å²) in [6, 6.07) is 0. The number of allylic oxidation sites excluding steroid dienone is 4. The molecule has 0 bridgehead atoms. The summed E-state index contributed by atoms with van der Waals surface area (Å²) in [6.07, 6.45) is 14.7. The van der Waals surface area contributed by atoms with Crippen molar-refractivity contribution in [3.63, 3.8) is 0 Å². The van der Waals surface area contributed by atoms with Crippen molar-refractivity contribution < 1.29 is 60.2 Å². The molecule has 0 aliphatic heterocycles. The van der Waals surface area contributed by atoms with Crippen molar-refractivity contribution in [3.8, 4) is 0 Å². The second kappa shape index (κ2) is 9.64. The second-order valence-electron chi connectivity index (χ2n) is 5.97. The van der Waals surface area contributed by atoms with E-state index in [1.54, 1.807) is 7.11 Å². The molecule has 2 aliphatic carbocycles. The van der Waals surface area contributed by atoms with Crippen LogP contribution in [-0.2, 0) is 35.4 Å². The van der Waals surface area contributed by atoms with Gasteiger partial charge in [-0.1, -0.05) is 5.76 Å². The number of hydrogen-bond donors (Lipinski definition) is 0. The Hall–Kier alpha value is 0.400. The first kappa shape index (κ1) is 24.6. The van der Waals surface area contributed by atoms with Gasteiger partial charge in [-0.05, 0) is 26.6 Å². The summed E-state index contributed by atoms with van der Waals surface area (Å²) in [5.41, 5.74) is 1.59. The van der Waals surface area contributed by atoms with Gasteiger partial charge >= 0.3 is 26.2 Å². The molecule has 0 aromatic rings. The molecule has 1 atom stereocenters. The normalized spacial score (nSPS) is 18.9. The van der Waals surface area contributed by atoms with Crippen LogP contribution in [0.15, 0.2) is 35.1 Å². The van der Waals surface area contributed by atoms with E-state index in [1.165, 1.54) is 0 Å². The Balaban J connectivity index is 0. The molecule has 0 aromatic carbocycles. The smallest absolute Gasteiger partial charge is 1.00 e. The molecule has 0 heterocycles. The molecule has 0 radical (unpaired) electrons. The molecule has 6 heteroatoms. The molecule has 0 saturated carbocycles. The number of methoxy groups -OCH3 is 1. The van der Waals surface area contributed by atoms with Gasteiger partial charge in [0.05, 0.1) is 5.60 Å². The van der Waals surface area contributed by atoms with E-state index in [9.17, 15) is 0 Å². The minimum atomic E-state index is -1.63. The Morgan fingerprint density at radius 3 is 2.23 bits per heavy atom. The molecule has 0 aromatic heterocycles. The van der Waals surface area contributed by atoms with E-state index in [1.807, 2.05) is 0 Å². The SMILES string of the molecule is COC(C)(C1=[C-]CC=C1)C1=[C-]CC=C1O[Si](C)(C)C.[Cl-].[Cl-].[Zr+4]. The number of halogens is 2. The van der Waals surface area contributed by atoms with Crippen LogP contribution in [0, 0.1) is 12.2 Å². The zero-order valence-corrected chi connectivity index (χ0v) is 18.7. The molecule has 2 aliphatic rings. The van der Waals surface area contributed by atoms with Gasteiger partial charge in [0.15, 0.2) is 0 Å². The molecule has 0 amide bonds. The molecule has 2 nitrogen and oxygen atoms in total. The van der Waals surface area contributed by atoms with Gasteiger partial charge in [-0.2, -0.15) is 17.2 Å². The number of ether oxygens (including phenoxy) is 1. The maximum absolute atomic E-state index is 6.17. The van der Waals surface area contributed by atoms with Crippen molar-refractivity contribution in [2.75, 3.05) is 7.11 Å². The Morgan fingerprint density at radius 1 is 1.14 bits per heavy atom. The first-order valence-corrected chi connectivity index (χ1v) is 10.1. The fourth-order valence-electron chi connectivity index (χ4n) is 2.34. The van der Waals surface area contributed by atoms with E-state index in [0.717, 1.165) is 29.7 Å². The summed E-state index contributed by atoms with van der Waals surface area (Å²) < 4.78 is 12.0. The van der Waals surface area contributed by atoms with Gasteiger partial charge in [0, 0.05) is 7.11 Å². The molecule has 120 valence electrons. The minimum Gasteiger partial charge on any atom is -1.00 e. The topological polar surface area (TPSA) is 18.5 Å². The van der Waals surface area contributed by atoms with Gasteiger partial charge in [-0.15, -0.1) is 18.9 Å². The van der Waals surface area contributed by atoms with Crippen LogP contribution >= 0.6 is 0 Å². The Labute approximate surface area is 167 Å². The summed E-state index contributed by atoms with van der Waals surface area (Å²) in [7, 11) is 0.109. The summed E-state index contributed by atoms with van der Waals surface area (Å²) in [4.78, 5) is 0. The first-order valence-electron chi connectivity index (χ1n) is 6.70. The predicted molar refractivity (Wildman–Crippen MR) is 79.8 cm³/mol. The van der Waals surface area contributed by atoms with Crippen molar-refractivity contribution in [1.82, 2.24) is 0 Å². The fraction of sp³-hybridized carbons (Fsp3) is 0.500. The maximum atomic E-state index is 6.17. The average molecular weight is 437 g/mol. The van der Waals surface area contributed by atoms with Gasteiger partial charge < -0.3 is 34.0 Å². The average Bonchev–Trinajstić information content (AvgIpc) is 2.96. The van der Waals surface area contributed by atoms with Crippen LogP contribution < -0.4 is 24.8 Å². The molecule has 0 fully saturated rings. The van der Waals surface area contributed by atoms with Crippen LogP contribution in [-0.4, -0.2) is 21.0 Å². The molecule has 0 N–H and O–H groups in total. The number of hydrogen-bond acceptors (Lipinski definition) is 2. The van der Waals surface area contributed by atoms with E-state index in [4.69, 9.17) is 9.16 Å². The molecule has 22 heavy (non-hydrogen) atoms. The minimum absolute atomic E-state index is 0. The van der Waals surface area contributed by atoms with Gasteiger partial charge in [0.1, 0.15) is 0 Å². The van der Waals surface area contributed by atoms with Crippen LogP contribution in [0.3, 0.4) is 0 Å². The van der Waals surface area contributed by atoms with E-state index in [0.29, 0.717) is 0 Å². The van der Waals surface area contributed by atoms with Crippen molar-refractivity contribution in [3.05, 3.63) is 47.3 Å². The van der Waals surface area contributed by atoms with Crippen LogP contribution in [0.25, 0.3) is 0 Å². The van der Waals surface area contributed by atoms with Crippen LogP contribution in [0.2, 0.25) is 19.6 Å². The van der Waals surface area contributed by atoms with E-state index in [2.05, 4.69) is 56.9 Å². The van der Waals surface area contributed by atoms with Crippen molar-refractivity contribution in [1.29, 1.82) is 0 Å². The quantitative estimate of drug-likeness (QED) is 0.365. The molecule has 2 rings (SSSR count). The molecule has 0 spiro atoms. The third-order valence-corrected chi connectivity index (χ3v) is 4.16. The van der Waals surface area contributed by atoms with E-state index >= 15 is 0 Å². The molecule has 1 unspecified atom stereocenters. The Morgan fingerprint density at radius 2 is 1.77 bits per heavy atom. The van der Waals surface area contributed by atoms with Crippen molar-refractivity contribution in [2.45, 2.75) is 45.0 Å². The van der Waals surface area contributed by atoms with Gasteiger partial charge in [-0.25, -0.2) is 6.08 Å². The zero-order chi connectivity index (χ0) is 14.1. The van der Waals surface area contributed by atoms with Crippen LogP contribution in [0.5, 0.6) is 0 Å². The van der Waals surface area contributed by atoms with Crippen LogP contribution in [0.1, 0.15) is 19.8 Å². The Bertz CT molecular complexity index is 493. The fourth-order valence-corrected chi connectivity index (χ4v) is 3.19. The molecular weight excluding hydrogens is 414 g/mol. The summed E-state index contributed by atoms with van der Waals surface area (Å²) >= 11 is 0. The maximum Gasteiger partial charge on any atom is 4.00 e. The second-order valence-corrected chi connectivity index (χ2v) is 10.4. The van der Waals surface area contributed by atoms with E-state index < -0.39 is 13.9 Å². The third-order valence-electron chi connectivity index (χ3n) is 3.32. The summed E-state index contributed by atoms with van der Waals surface area (Å²) in [6.45, 7) is 8.64. The molecular formula is C16H22Cl2O2SiZr. The predicted octanol–water partition coefficient (Wildman–Crippen LogP) is -2.04. The summed E-state index contributed by atoms with van der Waals surface area (Å²) in [5, 5.41) is 0. The van der Waals surface area contributed by atoms with Crippen molar-refractivity contribution >= 4 is 8.32 Å². The largest absolute Gasteiger partial charge is 4.00 e. The standard InChI is InChI=1S/C16H22O2Si.2ClH.Zr/c1-16(17-2,13-9-6-7-10-13)14-11-8-12-15(14)18-19(3,4)5;;;/h6,9,12H,7-8H2,1-5H3;2*1H;/q-2;;;+4/p-2. The van der Waals surface area contributed by atoms with Gasteiger partial charge in [0.25, 0.3) is 0 Å². The monoisotopic (exact) mass is 434 g/mol. The van der Waals surface area contributed by atoms with Crippen molar-refractivity contribution in [2.24, 2.45) is 0 Å². The zero-order valence-electron chi connectivity index (χ0n) is 13.7. The van der Waals surface area contributed by atoms with Gasteiger partial charge in [0.2, 0.25) is 8.32 Å². The van der Waals surface area contributed by atoms with Gasteiger partial charge in [-0.3, -0.25) is 12.2 Å².